The second-order valence-electron chi connectivity index (χ2n) is 4.46. The van der Waals surface area contributed by atoms with Crippen molar-refractivity contribution in [2.24, 2.45) is 0 Å². The number of halogens is 1. The Hall–Kier alpha value is -1.91. The normalized spacial score (nSPS) is 23.1. The van der Waals surface area contributed by atoms with Crippen LogP contribution < -0.4 is 0 Å². The molecular formula is C13H14FNO3. The molecular weight excluding hydrogens is 237 g/mol. The maximum Gasteiger partial charge on any atom is 0.408 e. The molecule has 1 aromatic rings. The zero-order valence-electron chi connectivity index (χ0n) is 9.97. The zero-order chi connectivity index (χ0) is 13.3. The molecule has 0 bridgehead atoms. The lowest BCUT2D eigenvalue weighted by molar-refractivity contribution is -0.121. The van der Waals surface area contributed by atoms with Gasteiger partial charge < -0.3 is 5.11 Å². The summed E-state index contributed by atoms with van der Waals surface area (Å²) in [6.07, 6.45) is -0.107. The summed E-state index contributed by atoms with van der Waals surface area (Å²) < 4.78 is 13.2. The van der Waals surface area contributed by atoms with E-state index in [1.165, 1.54) is 19.1 Å². The van der Waals surface area contributed by atoms with E-state index >= 15 is 0 Å². The molecule has 0 saturated carbocycles. The monoisotopic (exact) mass is 251 g/mol. The third kappa shape index (κ3) is 2.20. The van der Waals surface area contributed by atoms with Crippen LogP contribution in [0.1, 0.15) is 31.4 Å². The van der Waals surface area contributed by atoms with E-state index in [0.717, 1.165) is 4.90 Å². The number of carbonyl (C=O) groups is 2. The van der Waals surface area contributed by atoms with E-state index in [1.807, 2.05) is 0 Å². The Morgan fingerprint density at radius 1 is 1.39 bits per heavy atom. The molecule has 5 heteroatoms. The standard InChI is InChI=1S/C13H14FNO3/c1-8(16)11-5-6-12(15(11)13(17)18)9-3-2-4-10(14)7-9/h2-4,7,11-12H,5-6H2,1H3,(H,17,18)/t11-,12+/m1/s1. The number of hydrogen-bond donors (Lipinski definition) is 1. The first-order chi connectivity index (χ1) is 8.50. The second-order valence-corrected chi connectivity index (χ2v) is 4.46. The predicted molar refractivity (Wildman–Crippen MR) is 62.7 cm³/mol. The maximum atomic E-state index is 13.2. The zero-order valence-corrected chi connectivity index (χ0v) is 9.97. The predicted octanol–water partition coefficient (Wildman–Crippen LogP) is 2.60. The molecule has 0 aliphatic carbocycles. The molecule has 96 valence electrons. The van der Waals surface area contributed by atoms with Crippen molar-refractivity contribution in [1.82, 2.24) is 4.90 Å². The number of carboxylic acid groups (broad SMARTS) is 1. The molecule has 2 rings (SSSR count). The van der Waals surface area contributed by atoms with Gasteiger partial charge in [-0.2, -0.15) is 0 Å². The fourth-order valence-electron chi connectivity index (χ4n) is 2.52. The number of rotatable bonds is 2. The van der Waals surface area contributed by atoms with Crippen molar-refractivity contribution >= 4 is 11.9 Å². The van der Waals surface area contributed by atoms with E-state index in [-0.39, 0.29) is 5.78 Å². The van der Waals surface area contributed by atoms with Gasteiger partial charge in [-0.1, -0.05) is 12.1 Å². The average molecular weight is 251 g/mol. The quantitative estimate of drug-likeness (QED) is 0.878. The molecule has 1 aromatic carbocycles. The lowest BCUT2D eigenvalue weighted by Gasteiger charge is -2.26. The van der Waals surface area contributed by atoms with Crippen LogP contribution in [0, 0.1) is 5.82 Å². The molecule has 0 radical (unpaired) electrons. The lowest BCUT2D eigenvalue weighted by Crippen LogP contribution is -2.40. The molecule has 18 heavy (non-hydrogen) atoms. The summed E-state index contributed by atoms with van der Waals surface area (Å²) in [5, 5.41) is 9.21. The minimum atomic E-state index is -1.14. The number of carbonyl (C=O) groups excluding carboxylic acids is 1. The molecule has 0 unspecified atom stereocenters. The summed E-state index contributed by atoms with van der Waals surface area (Å²) in [4.78, 5) is 23.8. The molecule has 0 spiro atoms. The van der Waals surface area contributed by atoms with Gasteiger partial charge in [-0.25, -0.2) is 9.18 Å². The van der Waals surface area contributed by atoms with Crippen molar-refractivity contribution < 1.29 is 19.1 Å². The average Bonchev–Trinajstić information content (AvgIpc) is 2.73. The highest BCUT2D eigenvalue weighted by Gasteiger charge is 2.40. The largest absolute Gasteiger partial charge is 0.465 e. The topological polar surface area (TPSA) is 57.6 Å². The van der Waals surface area contributed by atoms with Crippen molar-refractivity contribution in [3.05, 3.63) is 35.6 Å². The van der Waals surface area contributed by atoms with Gasteiger partial charge in [0.25, 0.3) is 0 Å². The van der Waals surface area contributed by atoms with Gasteiger partial charge in [0, 0.05) is 0 Å². The molecule has 1 heterocycles. The number of nitrogens with zero attached hydrogens (tertiary/aromatic N) is 1. The highest BCUT2D eigenvalue weighted by atomic mass is 19.1. The van der Waals surface area contributed by atoms with E-state index in [4.69, 9.17) is 0 Å². The van der Waals surface area contributed by atoms with Crippen LogP contribution in [-0.4, -0.2) is 27.9 Å². The molecule has 1 amide bonds. The van der Waals surface area contributed by atoms with Crippen LogP contribution in [0.5, 0.6) is 0 Å². The van der Waals surface area contributed by atoms with Crippen LogP contribution in [0.4, 0.5) is 9.18 Å². The number of amides is 1. The van der Waals surface area contributed by atoms with Gasteiger partial charge in [-0.3, -0.25) is 9.69 Å². The van der Waals surface area contributed by atoms with E-state index in [2.05, 4.69) is 0 Å². The van der Waals surface area contributed by atoms with Gasteiger partial charge in [0.2, 0.25) is 0 Å². The smallest absolute Gasteiger partial charge is 0.408 e. The number of ketones is 1. The second kappa shape index (κ2) is 4.76. The van der Waals surface area contributed by atoms with Crippen LogP contribution in [0.25, 0.3) is 0 Å². The van der Waals surface area contributed by atoms with Crippen LogP contribution in [-0.2, 0) is 4.79 Å². The number of Topliss-reactive ketones (excluding diaryl/α,β-unsaturated/α-hetero) is 1. The molecule has 1 fully saturated rings. The first-order valence-corrected chi connectivity index (χ1v) is 5.78. The van der Waals surface area contributed by atoms with Crippen molar-refractivity contribution in [3.63, 3.8) is 0 Å². The van der Waals surface area contributed by atoms with Crippen molar-refractivity contribution in [3.8, 4) is 0 Å². The summed E-state index contributed by atoms with van der Waals surface area (Å²) in [6.45, 7) is 1.38. The van der Waals surface area contributed by atoms with E-state index < -0.39 is 24.0 Å². The lowest BCUT2D eigenvalue weighted by atomic mass is 10.0. The van der Waals surface area contributed by atoms with Gasteiger partial charge in [-0.05, 0) is 37.5 Å². The van der Waals surface area contributed by atoms with E-state index in [1.54, 1.807) is 12.1 Å². The first-order valence-electron chi connectivity index (χ1n) is 5.78. The van der Waals surface area contributed by atoms with Crippen molar-refractivity contribution in [2.45, 2.75) is 31.8 Å². The van der Waals surface area contributed by atoms with Crippen molar-refractivity contribution in [2.75, 3.05) is 0 Å². The summed E-state index contributed by atoms with van der Waals surface area (Å²) in [7, 11) is 0. The van der Waals surface area contributed by atoms with Gasteiger partial charge in [0.15, 0.2) is 5.78 Å². The molecule has 0 aromatic heterocycles. The summed E-state index contributed by atoms with van der Waals surface area (Å²) in [5.41, 5.74) is 0.598. The Balaban J connectivity index is 2.33. The van der Waals surface area contributed by atoms with Gasteiger partial charge in [0.05, 0.1) is 12.1 Å². The third-order valence-electron chi connectivity index (χ3n) is 3.31. The maximum absolute atomic E-state index is 13.2. The summed E-state index contributed by atoms with van der Waals surface area (Å²) >= 11 is 0. The summed E-state index contributed by atoms with van der Waals surface area (Å²) in [6, 6.07) is 4.82. The molecule has 1 saturated heterocycles. The van der Waals surface area contributed by atoms with Crippen LogP contribution in [0.2, 0.25) is 0 Å². The van der Waals surface area contributed by atoms with Gasteiger partial charge in [0.1, 0.15) is 5.82 Å². The third-order valence-corrected chi connectivity index (χ3v) is 3.31. The number of hydrogen-bond acceptors (Lipinski definition) is 2. The highest BCUT2D eigenvalue weighted by Crippen LogP contribution is 2.36. The molecule has 2 atom stereocenters. The Bertz CT molecular complexity index is 489. The fourth-order valence-corrected chi connectivity index (χ4v) is 2.52. The van der Waals surface area contributed by atoms with Gasteiger partial charge in [-0.15, -0.1) is 0 Å². The Labute approximate surface area is 104 Å². The van der Waals surface area contributed by atoms with Crippen LogP contribution in [0.15, 0.2) is 24.3 Å². The first kappa shape index (κ1) is 12.5. The van der Waals surface area contributed by atoms with Crippen molar-refractivity contribution in [1.29, 1.82) is 0 Å². The van der Waals surface area contributed by atoms with Gasteiger partial charge >= 0.3 is 6.09 Å². The number of benzene rings is 1. The fraction of sp³-hybridized carbons (Fsp3) is 0.385. The summed E-state index contributed by atoms with van der Waals surface area (Å²) in [5.74, 6) is -0.569. The van der Waals surface area contributed by atoms with Crippen LogP contribution >= 0.6 is 0 Å². The van der Waals surface area contributed by atoms with E-state index in [9.17, 15) is 19.1 Å². The Morgan fingerprint density at radius 3 is 2.67 bits per heavy atom. The molecule has 1 aliphatic rings. The van der Waals surface area contributed by atoms with Crippen LogP contribution in [0.3, 0.4) is 0 Å². The Kier molecular flexibility index (Phi) is 3.32. The molecule has 1 aliphatic heterocycles. The minimum Gasteiger partial charge on any atom is -0.465 e. The Morgan fingerprint density at radius 2 is 2.11 bits per heavy atom. The highest BCUT2D eigenvalue weighted by molar-refractivity contribution is 5.85. The minimum absolute atomic E-state index is 0.170. The molecule has 4 nitrogen and oxygen atoms in total. The molecule has 1 N–H and O–H groups in total. The van der Waals surface area contributed by atoms with E-state index in [0.29, 0.717) is 18.4 Å². The number of likely N-dealkylation sites (tertiary alicyclic amines) is 1. The SMILES string of the molecule is CC(=O)[C@H]1CC[C@@H](c2cccc(F)c2)N1C(=O)O.